The van der Waals surface area contributed by atoms with Crippen LogP contribution in [0.1, 0.15) is 62.6 Å². The maximum atomic E-state index is 12.9. The second kappa shape index (κ2) is 8.60. The minimum Gasteiger partial charge on any atom is -0.347 e. The second-order valence-corrected chi connectivity index (χ2v) is 9.48. The minimum atomic E-state index is -1.13. The number of benzene rings is 1. The molecule has 0 bridgehead atoms. The van der Waals surface area contributed by atoms with Gasteiger partial charge in [0.15, 0.2) is 5.54 Å². The lowest BCUT2D eigenvalue weighted by Crippen LogP contribution is -2.44. The van der Waals surface area contributed by atoms with Crippen molar-refractivity contribution in [3.05, 3.63) is 57.8 Å². The van der Waals surface area contributed by atoms with E-state index in [9.17, 15) is 14.4 Å². The zero-order valence-electron chi connectivity index (χ0n) is 18.1. The van der Waals surface area contributed by atoms with Gasteiger partial charge in [0.1, 0.15) is 6.54 Å². The fourth-order valence-corrected chi connectivity index (χ4v) is 4.49. The molecule has 1 aromatic heterocycles. The van der Waals surface area contributed by atoms with Crippen molar-refractivity contribution in [1.82, 2.24) is 15.5 Å². The van der Waals surface area contributed by atoms with Crippen LogP contribution >= 0.6 is 11.3 Å². The van der Waals surface area contributed by atoms with Crippen LogP contribution in [-0.2, 0) is 15.1 Å². The molecule has 0 radical (unpaired) electrons. The maximum absolute atomic E-state index is 12.9. The Morgan fingerprint density at radius 1 is 1.10 bits per heavy atom. The molecule has 30 heavy (non-hydrogen) atoms. The lowest BCUT2D eigenvalue weighted by molar-refractivity contribution is -0.135. The largest absolute Gasteiger partial charge is 0.347 e. The van der Waals surface area contributed by atoms with Crippen LogP contribution in [0.3, 0.4) is 0 Å². The van der Waals surface area contributed by atoms with Crippen molar-refractivity contribution in [3.63, 3.8) is 0 Å². The van der Waals surface area contributed by atoms with Crippen molar-refractivity contribution >= 4 is 29.2 Å². The number of urea groups is 1. The monoisotopic (exact) mass is 427 g/mol. The van der Waals surface area contributed by atoms with Crippen molar-refractivity contribution in [3.8, 4) is 0 Å². The normalized spacial score (nSPS) is 20.0. The number of carbonyl (C=O) groups is 3. The minimum absolute atomic E-state index is 0.151. The molecule has 0 aliphatic carbocycles. The Morgan fingerprint density at radius 3 is 2.27 bits per heavy atom. The molecule has 0 spiro atoms. The number of carbonyl (C=O) groups excluding carboxylic acids is 3. The summed E-state index contributed by atoms with van der Waals surface area (Å²) in [6.07, 6.45) is 0. The van der Waals surface area contributed by atoms with E-state index in [-0.39, 0.29) is 24.4 Å². The van der Waals surface area contributed by atoms with E-state index in [1.165, 1.54) is 16.9 Å². The van der Waals surface area contributed by atoms with Gasteiger partial charge in [0, 0.05) is 4.88 Å². The van der Waals surface area contributed by atoms with E-state index in [1.807, 2.05) is 43.5 Å². The standard InChI is InChI=1S/C23H29N3O3S/c1-14(2)16-8-10-17(11-9-16)20(15(3)4)24-19(27)13-26-21(28)23(5,25-22(26)29)18-7-6-12-30-18/h6-12,14-15,20H,13H2,1-5H3,(H,24,27)(H,25,29). The Balaban J connectivity index is 1.71. The van der Waals surface area contributed by atoms with Gasteiger partial charge >= 0.3 is 6.03 Å². The van der Waals surface area contributed by atoms with Crippen LogP contribution < -0.4 is 10.6 Å². The Morgan fingerprint density at radius 2 is 1.73 bits per heavy atom. The third-order valence-electron chi connectivity index (χ3n) is 5.54. The van der Waals surface area contributed by atoms with Crippen LogP contribution in [0.5, 0.6) is 0 Å². The van der Waals surface area contributed by atoms with Crippen LogP contribution in [0.15, 0.2) is 41.8 Å². The first kappa shape index (κ1) is 22.0. The molecule has 1 aliphatic heterocycles. The Bertz CT molecular complexity index is 922. The van der Waals surface area contributed by atoms with Crippen molar-refractivity contribution in [2.75, 3.05) is 6.54 Å². The van der Waals surface area contributed by atoms with Gasteiger partial charge in [-0.3, -0.25) is 14.5 Å². The van der Waals surface area contributed by atoms with Gasteiger partial charge in [-0.15, -0.1) is 11.3 Å². The third kappa shape index (κ3) is 4.26. The topological polar surface area (TPSA) is 78.5 Å². The molecule has 160 valence electrons. The van der Waals surface area contributed by atoms with Crippen LogP contribution in [0.2, 0.25) is 0 Å². The average Bonchev–Trinajstić information content (AvgIpc) is 3.31. The number of nitrogens with zero attached hydrogens (tertiary/aromatic N) is 1. The molecule has 2 aromatic rings. The van der Waals surface area contributed by atoms with Gasteiger partial charge in [-0.05, 0) is 41.3 Å². The fraction of sp³-hybridized carbons (Fsp3) is 0.435. The summed E-state index contributed by atoms with van der Waals surface area (Å²) in [5.74, 6) is -0.185. The number of amides is 4. The molecule has 0 saturated carbocycles. The Labute approximate surface area is 181 Å². The number of hydrogen-bond acceptors (Lipinski definition) is 4. The summed E-state index contributed by atoms with van der Waals surface area (Å²) in [6, 6.07) is 11.1. The molecule has 1 aliphatic rings. The molecule has 2 atom stereocenters. The van der Waals surface area contributed by atoms with Gasteiger partial charge in [-0.1, -0.05) is 58.0 Å². The van der Waals surface area contributed by atoms with E-state index in [0.717, 1.165) is 15.3 Å². The Kier molecular flexibility index (Phi) is 6.31. The van der Waals surface area contributed by atoms with E-state index in [4.69, 9.17) is 0 Å². The molecule has 2 heterocycles. The van der Waals surface area contributed by atoms with Crippen LogP contribution in [0.25, 0.3) is 0 Å². The van der Waals surface area contributed by atoms with E-state index in [2.05, 4.69) is 36.6 Å². The van der Waals surface area contributed by atoms with Crippen LogP contribution in [0, 0.1) is 5.92 Å². The zero-order valence-corrected chi connectivity index (χ0v) is 18.9. The second-order valence-electron chi connectivity index (χ2n) is 8.53. The smallest absolute Gasteiger partial charge is 0.325 e. The molecule has 2 unspecified atom stereocenters. The number of nitrogens with one attached hydrogen (secondary N) is 2. The number of thiophene rings is 1. The van der Waals surface area contributed by atoms with Crippen molar-refractivity contribution in [2.45, 2.75) is 52.1 Å². The quantitative estimate of drug-likeness (QED) is 0.652. The summed E-state index contributed by atoms with van der Waals surface area (Å²) in [7, 11) is 0. The van der Waals surface area contributed by atoms with Crippen molar-refractivity contribution in [1.29, 1.82) is 0 Å². The highest BCUT2D eigenvalue weighted by atomic mass is 32.1. The molecule has 6 nitrogen and oxygen atoms in total. The molecule has 1 aromatic carbocycles. The van der Waals surface area contributed by atoms with E-state index >= 15 is 0 Å². The molecule has 1 fully saturated rings. The summed E-state index contributed by atoms with van der Waals surface area (Å²) in [4.78, 5) is 39.9. The Hall–Kier alpha value is -2.67. The molecule has 4 amide bonds. The third-order valence-corrected chi connectivity index (χ3v) is 6.63. The highest BCUT2D eigenvalue weighted by molar-refractivity contribution is 7.10. The van der Waals surface area contributed by atoms with Gasteiger partial charge < -0.3 is 10.6 Å². The molecular formula is C23H29N3O3S. The summed E-state index contributed by atoms with van der Waals surface area (Å²) >= 11 is 1.40. The van der Waals surface area contributed by atoms with Gasteiger partial charge in [0.2, 0.25) is 5.91 Å². The lowest BCUT2D eigenvalue weighted by atomic mass is 9.93. The number of hydrogen-bond donors (Lipinski definition) is 2. The molecule has 1 saturated heterocycles. The molecule has 7 heteroatoms. The summed E-state index contributed by atoms with van der Waals surface area (Å²) in [5.41, 5.74) is 1.11. The van der Waals surface area contributed by atoms with Crippen LogP contribution in [-0.4, -0.2) is 29.3 Å². The van der Waals surface area contributed by atoms with E-state index in [1.54, 1.807) is 6.92 Å². The average molecular weight is 428 g/mol. The van der Waals surface area contributed by atoms with Gasteiger partial charge in [0.25, 0.3) is 5.91 Å². The SMILES string of the molecule is CC(C)c1ccc(C(NC(=O)CN2C(=O)NC(C)(c3cccs3)C2=O)C(C)C)cc1. The molecule has 2 N–H and O–H groups in total. The van der Waals surface area contributed by atoms with Gasteiger partial charge in [-0.25, -0.2) is 4.79 Å². The summed E-state index contributed by atoms with van der Waals surface area (Å²) in [6.45, 7) is 9.70. The number of imide groups is 1. The first-order chi connectivity index (χ1) is 14.1. The van der Waals surface area contributed by atoms with Crippen molar-refractivity contribution < 1.29 is 14.4 Å². The van der Waals surface area contributed by atoms with Gasteiger partial charge in [-0.2, -0.15) is 0 Å². The van der Waals surface area contributed by atoms with E-state index in [0.29, 0.717) is 5.92 Å². The molecule has 3 rings (SSSR count). The first-order valence-corrected chi connectivity index (χ1v) is 11.1. The van der Waals surface area contributed by atoms with Crippen molar-refractivity contribution in [2.24, 2.45) is 5.92 Å². The highest BCUT2D eigenvalue weighted by Crippen LogP contribution is 2.32. The zero-order chi connectivity index (χ0) is 22.1. The lowest BCUT2D eigenvalue weighted by Gasteiger charge is -2.25. The first-order valence-electron chi connectivity index (χ1n) is 10.2. The summed E-state index contributed by atoms with van der Waals surface area (Å²) in [5, 5.41) is 7.59. The summed E-state index contributed by atoms with van der Waals surface area (Å²) < 4.78 is 0. The predicted octanol–water partition coefficient (Wildman–Crippen LogP) is 4.15. The number of rotatable bonds is 7. The molecular weight excluding hydrogens is 398 g/mol. The van der Waals surface area contributed by atoms with E-state index < -0.39 is 17.5 Å². The van der Waals surface area contributed by atoms with Crippen LogP contribution in [0.4, 0.5) is 4.79 Å². The highest BCUT2D eigenvalue weighted by Gasteiger charge is 2.50. The predicted molar refractivity (Wildman–Crippen MR) is 118 cm³/mol. The maximum Gasteiger partial charge on any atom is 0.325 e. The fourth-order valence-electron chi connectivity index (χ4n) is 3.66. The van der Waals surface area contributed by atoms with Gasteiger partial charge in [0.05, 0.1) is 6.04 Å².